The van der Waals surface area contributed by atoms with Gasteiger partial charge in [-0.1, -0.05) is 38.0 Å². The van der Waals surface area contributed by atoms with Crippen molar-refractivity contribution in [1.82, 2.24) is 10.2 Å². The highest BCUT2D eigenvalue weighted by Gasteiger charge is 2.29. The van der Waals surface area contributed by atoms with Crippen LogP contribution in [0.4, 0.5) is 0 Å². The fraction of sp³-hybridized carbons (Fsp3) is 0.619. The number of piperidine rings is 1. The SMILES string of the molecule is CC1CCCC(NC(=O)C2CCN(C(=O)COc3ccccc3)CC2)C1. The summed E-state index contributed by atoms with van der Waals surface area (Å²) in [5.74, 6) is 1.62. The molecule has 5 heteroatoms. The smallest absolute Gasteiger partial charge is 0.260 e. The number of nitrogens with zero attached hydrogens (tertiary/aromatic N) is 1. The molecule has 2 unspecified atom stereocenters. The Morgan fingerprint density at radius 1 is 1.12 bits per heavy atom. The Kier molecular flexibility index (Phi) is 6.53. The largest absolute Gasteiger partial charge is 0.484 e. The van der Waals surface area contributed by atoms with E-state index < -0.39 is 0 Å². The van der Waals surface area contributed by atoms with Crippen LogP contribution in [0.5, 0.6) is 5.75 Å². The molecule has 5 nitrogen and oxygen atoms in total. The number of carbonyl (C=O) groups is 2. The minimum Gasteiger partial charge on any atom is -0.484 e. The molecule has 2 aliphatic rings. The molecule has 1 aromatic rings. The molecule has 26 heavy (non-hydrogen) atoms. The minimum atomic E-state index is -0.00573. The summed E-state index contributed by atoms with van der Waals surface area (Å²) in [7, 11) is 0. The second kappa shape index (κ2) is 9.06. The van der Waals surface area contributed by atoms with Crippen molar-refractivity contribution in [3.63, 3.8) is 0 Å². The third-order valence-electron chi connectivity index (χ3n) is 5.61. The molecule has 142 valence electrons. The predicted molar refractivity (Wildman–Crippen MR) is 101 cm³/mol. The first-order chi connectivity index (χ1) is 12.6. The number of rotatable bonds is 5. The highest BCUT2D eigenvalue weighted by molar-refractivity contribution is 5.80. The Hall–Kier alpha value is -2.04. The van der Waals surface area contributed by atoms with Crippen molar-refractivity contribution in [3.05, 3.63) is 30.3 Å². The van der Waals surface area contributed by atoms with Crippen molar-refractivity contribution < 1.29 is 14.3 Å². The summed E-state index contributed by atoms with van der Waals surface area (Å²) < 4.78 is 5.54. The second-order valence-electron chi connectivity index (χ2n) is 7.73. The number of amides is 2. The van der Waals surface area contributed by atoms with Crippen LogP contribution in [0, 0.1) is 11.8 Å². The summed E-state index contributed by atoms with van der Waals surface area (Å²) in [6.45, 7) is 3.59. The third kappa shape index (κ3) is 5.23. The first kappa shape index (κ1) is 18.7. The molecule has 0 spiro atoms. The summed E-state index contributed by atoms with van der Waals surface area (Å²) in [5.41, 5.74) is 0. The number of hydrogen-bond acceptors (Lipinski definition) is 3. The molecule has 1 saturated heterocycles. The zero-order valence-electron chi connectivity index (χ0n) is 15.7. The lowest BCUT2D eigenvalue weighted by Gasteiger charge is -2.33. The second-order valence-corrected chi connectivity index (χ2v) is 7.73. The zero-order chi connectivity index (χ0) is 18.4. The maximum Gasteiger partial charge on any atom is 0.260 e. The predicted octanol–water partition coefficient (Wildman–Crippen LogP) is 3.00. The molecular weight excluding hydrogens is 328 g/mol. The highest BCUT2D eigenvalue weighted by Crippen LogP contribution is 2.25. The molecule has 1 aromatic carbocycles. The minimum absolute atomic E-state index is 0.00573. The van der Waals surface area contributed by atoms with E-state index in [1.54, 1.807) is 0 Å². The first-order valence-electron chi connectivity index (χ1n) is 9.88. The lowest BCUT2D eigenvalue weighted by Crippen LogP contribution is -2.47. The molecule has 1 heterocycles. The lowest BCUT2D eigenvalue weighted by molar-refractivity contribution is -0.137. The fourth-order valence-corrected chi connectivity index (χ4v) is 4.03. The van der Waals surface area contributed by atoms with Crippen LogP contribution in [0.15, 0.2) is 30.3 Å². The summed E-state index contributed by atoms with van der Waals surface area (Å²) in [5, 5.41) is 3.24. The van der Waals surface area contributed by atoms with Crippen LogP contribution in [-0.4, -0.2) is 42.5 Å². The Bertz CT molecular complexity index is 597. The molecule has 1 saturated carbocycles. The maximum atomic E-state index is 12.5. The highest BCUT2D eigenvalue weighted by atomic mass is 16.5. The first-order valence-corrected chi connectivity index (χ1v) is 9.88. The van der Waals surface area contributed by atoms with Crippen molar-refractivity contribution in [2.45, 2.75) is 51.5 Å². The quantitative estimate of drug-likeness (QED) is 0.880. The number of nitrogens with one attached hydrogen (secondary N) is 1. The zero-order valence-corrected chi connectivity index (χ0v) is 15.7. The van der Waals surface area contributed by atoms with E-state index in [0.29, 0.717) is 30.8 Å². The Morgan fingerprint density at radius 2 is 1.85 bits per heavy atom. The van der Waals surface area contributed by atoms with Crippen molar-refractivity contribution in [3.8, 4) is 5.75 Å². The van der Waals surface area contributed by atoms with Crippen molar-refractivity contribution in [2.24, 2.45) is 11.8 Å². The number of hydrogen-bond donors (Lipinski definition) is 1. The van der Waals surface area contributed by atoms with Crippen molar-refractivity contribution in [2.75, 3.05) is 19.7 Å². The molecule has 3 rings (SSSR count). The van der Waals surface area contributed by atoms with Crippen LogP contribution in [0.25, 0.3) is 0 Å². The van der Waals surface area contributed by atoms with Crippen LogP contribution >= 0.6 is 0 Å². The molecule has 0 bridgehead atoms. The Balaban J connectivity index is 1.39. The van der Waals surface area contributed by atoms with Gasteiger partial charge in [0.2, 0.25) is 5.91 Å². The monoisotopic (exact) mass is 358 g/mol. The topological polar surface area (TPSA) is 58.6 Å². The van der Waals surface area contributed by atoms with E-state index in [-0.39, 0.29) is 24.3 Å². The van der Waals surface area contributed by atoms with Gasteiger partial charge in [0.25, 0.3) is 5.91 Å². The number of ether oxygens (including phenoxy) is 1. The van der Waals surface area contributed by atoms with Gasteiger partial charge in [0.15, 0.2) is 6.61 Å². The van der Waals surface area contributed by atoms with Crippen LogP contribution < -0.4 is 10.1 Å². The van der Waals surface area contributed by atoms with Crippen LogP contribution in [0.3, 0.4) is 0 Å². The van der Waals surface area contributed by atoms with Gasteiger partial charge in [0, 0.05) is 25.0 Å². The molecule has 0 aromatic heterocycles. The van der Waals surface area contributed by atoms with E-state index in [1.807, 2.05) is 35.2 Å². The summed E-state index contributed by atoms with van der Waals surface area (Å²) in [6, 6.07) is 9.71. The molecule has 2 atom stereocenters. The van der Waals surface area contributed by atoms with Gasteiger partial charge in [-0.2, -0.15) is 0 Å². The van der Waals surface area contributed by atoms with Gasteiger partial charge in [-0.3, -0.25) is 9.59 Å². The van der Waals surface area contributed by atoms with Crippen LogP contribution in [0.2, 0.25) is 0 Å². The third-order valence-corrected chi connectivity index (χ3v) is 5.61. The van der Waals surface area contributed by atoms with E-state index in [4.69, 9.17) is 4.74 Å². The van der Waals surface area contributed by atoms with Gasteiger partial charge in [0.1, 0.15) is 5.75 Å². The van der Waals surface area contributed by atoms with Gasteiger partial charge < -0.3 is 15.0 Å². The van der Waals surface area contributed by atoms with Gasteiger partial charge in [-0.15, -0.1) is 0 Å². The van der Waals surface area contributed by atoms with E-state index in [1.165, 1.54) is 12.8 Å². The summed E-state index contributed by atoms with van der Waals surface area (Å²) in [4.78, 5) is 26.6. The van der Waals surface area contributed by atoms with Crippen molar-refractivity contribution in [1.29, 1.82) is 0 Å². The molecule has 2 fully saturated rings. The molecule has 1 aliphatic heterocycles. The van der Waals surface area contributed by atoms with E-state index in [0.717, 1.165) is 25.7 Å². The fourth-order valence-electron chi connectivity index (χ4n) is 4.03. The van der Waals surface area contributed by atoms with Gasteiger partial charge >= 0.3 is 0 Å². The van der Waals surface area contributed by atoms with Gasteiger partial charge in [-0.25, -0.2) is 0 Å². The van der Waals surface area contributed by atoms with Crippen molar-refractivity contribution >= 4 is 11.8 Å². The summed E-state index contributed by atoms with van der Waals surface area (Å²) >= 11 is 0. The normalized spacial score (nSPS) is 24.1. The number of benzene rings is 1. The van der Waals surface area contributed by atoms with E-state index in [2.05, 4.69) is 12.2 Å². The number of likely N-dealkylation sites (tertiary alicyclic amines) is 1. The van der Waals surface area contributed by atoms with Gasteiger partial charge in [-0.05, 0) is 43.7 Å². The molecule has 1 N–H and O–H groups in total. The molecule has 0 radical (unpaired) electrons. The number of para-hydroxylation sites is 1. The van der Waals surface area contributed by atoms with E-state index >= 15 is 0 Å². The molecule has 2 amide bonds. The maximum absolute atomic E-state index is 12.5. The van der Waals surface area contributed by atoms with Crippen LogP contribution in [-0.2, 0) is 9.59 Å². The molecular formula is C21H30N2O3. The average molecular weight is 358 g/mol. The number of carbonyl (C=O) groups excluding carboxylic acids is 2. The summed E-state index contributed by atoms with van der Waals surface area (Å²) in [6.07, 6.45) is 6.17. The Labute approximate surface area is 156 Å². The van der Waals surface area contributed by atoms with E-state index in [9.17, 15) is 9.59 Å². The average Bonchev–Trinajstić information content (AvgIpc) is 2.67. The van der Waals surface area contributed by atoms with Gasteiger partial charge in [0.05, 0.1) is 0 Å². The standard InChI is InChI=1S/C21H30N2O3/c1-16-6-5-7-18(14-16)22-21(25)17-10-12-23(13-11-17)20(24)15-26-19-8-3-2-4-9-19/h2-4,8-9,16-18H,5-7,10-15H2,1H3,(H,22,25). The Morgan fingerprint density at radius 3 is 2.54 bits per heavy atom. The molecule has 1 aliphatic carbocycles. The lowest BCUT2D eigenvalue weighted by atomic mass is 9.86. The van der Waals surface area contributed by atoms with Crippen LogP contribution in [0.1, 0.15) is 45.4 Å².